The number of carboxylic acid groups (broad SMARTS) is 1. The first-order valence-corrected chi connectivity index (χ1v) is 6.72. The lowest BCUT2D eigenvalue weighted by Crippen LogP contribution is -2.19. The first-order chi connectivity index (χ1) is 9.15. The average molecular weight is 276 g/mol. The van der Waals surface area contributed by atoms with E-state index in [9.17, 15) is 14.3 Å². The van der Waals surface area contributed by atoms with Crippen LogP contribution >= 0.6 is 11.8 Å². The summed E-state index contributed by atoms with van der Waals surface area (Å²) in [5.74, 6) is -1.18. The highest BCUT2D eigenvalue weighted by atomic mass is 32.2. The first-order valence-electron chi connectivity index (χ1n) is 5.84. The number of hydrogen-bond donors (Lipinski definition) is 1. The molecule has 0 aliphatic rings. The lowest BCUT2D eigenvalue weighted by Gasteiger charge is -2.12. The minimum absolute atomic E-state index is 0.314. The summed E-state index contributed by atoms with van der Waals surface area (Å²) in [5.41, 5.74) is 0.817. The Morgan fingerprint density at radius 2 is 1.74 bits per heavy atom. The molecule has 1 N–H and O–H groups in total. The zero-order valence-corrected chi connectivity index (χ0v) is 10.9. The van der Waals surface area contributed by atoms with Gasteiger partial charge in [-0.3, -0.25) is 4.79 Å². The maximum atomic E-state index is 12.8. The number of rotatable bonds is 5. The third-order valence-corrected chi connectivity index (χ3v) is 3.83. The summed E-state index contributed by atoms with van der Waals surface area (Å²) in [7, 11) is 0. The number of benzene rings is 2. The molecule has 0 aromatic heterocycles. The van der Waals surface area contributed by atoms with Crippen molar-refractivity contribution in [2.24, 2.45) is 0 Å². The van der Waals surface area contributed by atoms with E-state index in [0.717, 1.165) is 10.5 Å². The van der Waals surface area contributed by atoms with Crippen molar-refractivity contribution in [2.45, 2.75) is 16.6 Å². The van der Waals surface area contributed by atoms with E-state index in [1.165, 1.54) is 23.9 Å². The molecule has 0 unspecified atom stereocenters. The van der Waals surface area contributed by atoms with Gasteiger partial charge in [-0.15, -0.1) is 11.8 Å². The van der Waals surface area contributed by atoms with Gasteiger partial charge in [0.2, 0.25) is 0 Å². The SMILES string of the molecule is O=C(O)[C@@H](Cc1ccc(F)cc1)Sc1ccccc1. The molecule has 1 atom stereocenters. The molecule has 2 nitrogen and oxygen atoms in total. The van der Waals surface area contributed by atoms with Crippen LogP contribution in [0.2, 0.25) is 0 Å². The number of thioether (sulfide) groups is 1. The van der Waals surface area contributed by atoms with Crippen LogP contribution in [-0.4, -0.2) is 16.3 Å². The van der Waals surface area contributed by atoms with E-state index in [0.29, 0.717) is 6.42 Å². The summed E-state index contributed by atoms with van der Waals surface area (Å²) in [6.45, 7) is 0. The predicted molar refractivity (Wildman–Crippen MR) is 73.8 cm³/mol. The molecular weight excluding hydrogens is 263 g/mol. The monoisotopic (exact) mass is 276 g/mol. The van der Waals surface area contributed by atoms with Crippen molar-refractivity contribution >= 4 is 17.7 Å². The van der Waals surface area contributed by atoms with Gasteiger partial charge in [0.25, 0.3) is 0 Å². The van der Waals surface area contributed by atoms with Gasteiger partial charge in [-0.05, 0) is 36.2 Å². The second-order valence-electron chi connectivity index (χ2n) is 4.09. The molecule has 2 aromatic rings. The average Bonchev–Trinajstić information content (AvgIpc) is 2.41. The van der Waals surface area contributed by atoms with E-state index in [-0.39, 0.29) is 5.82 Å². The summed E-state index contributed by atoms with van der Waals surface area (Å²) in [6.07, 6.45) is 0.370. The molecule has 2 aromatic carbocycles. The second-order valence-corrected chi connectivity index (χ2v) is 5.36. The summed E-state index contributed by atoms with van der Waals surface area (Å²) in [6, 6.07) is 15.3. The van der Waals surface area contributed by atoms with Crippen molar-refractivity contribution in [1.29, 1.82) is 0 Å². The Labute approximate surface area is 115 Å². The Balaban J connectivity index is 2.08. The van der Waals surface area contributed by atoms with Gasteiger partial charge in [0, 0.05) is 4.90 Å². The smallest absolute Gasteiger partial charge is 0.317 e. The van der Waals surface area contributed by atoms with E-state index >= 15 is 0 Å². The first kappa shape index (κ1) is 13.6. The molecule has 0 saturated carbocycles. The Morgan fingerprint density at radius 3 is 2.32 bits per heavy atom. The molecular formula is C15H13FO2S. The van der Waals surface area contributed by atoms with Crippen LogP contribution in [0.5, 0.6) is 0 Å². The van der Waals surface area contributed by atoms with E-state index < -0.39 is 11.2 Å². The topological polar surface area (TPSA) is 37.3 Å². The molecule has 2 rings (SSSR count). The molecule has 0 amide bonds. The van der Waals surface area contributed by atoms with Crippen LogP contribution in [0.3, 0.4) is 0 Å². The highest BCUT2D eigenvalue weighted by molar-refractivity contribution is 8.00. The summed E-state index contributed by atoms with van der Waals surface area (Å²) < 4.78 is 12.8. The fraction of sp³-hybridized carbons (Fsp3) is 0.133. The number of hydrogen-bond acceptors (Lipinski definition) is 2. The highest BCUT2D eigenvalue weighted by Gasteiger charge is 2.19. The molecule has 0 fully saturated rings. The molecule has 4 heteroatoms. The molecule has 0 spiro atoms. The van der Waals surface area contributed by atoms with Crippen LogP contribution in [0.25, 0.3) is 0 Å². The van der Waals surface area contributed by atoms with Crippen molar-refractivity contribution in [3.63, 3.8) is 0 Å². The van der Waals surface area contributed by atoms with Gasteiger partial charge in [-0.25, -0.2) is 4.39 Å². The molecule has 19 heavy (non-hydrogen) atoms. The Hall–Kier alpha value is -1.81. The van der Waals surface area contributed by atoms with Crippen LogP contribution in [0.1, 0.15) is 5.56 Å². The molecule has 0 radical (unpaired) electrons. The highest BCUT2D eigenvalue weighted by Crippen LogP contribution is 2.26. The van der Waals surface area contributed by atoms with Crippen LogP contribution in [0, 0.1) is 5.82 Å². The Kier molecular flexibility index (Phi) is 4.58. The maximum absolute atomic E-state index is 12.8. The fourth-order valence-electron chi connectivity index (χ4n) is 1.68. The van der Waals surface area contributed by atoms with Gasteiger partial charge >= 0.3 is 5.97 Å². The Bertz CT molecular complexity index is 540. The van der Waals surface area contributed by atoms with E-state index in [1.54, 1.807) is 12.1 Å². The normalized spacial score (nSPS) is 12.1. The standard InChI is InChI=1S/C15H13FO2S/c16-12-8-6-11(7-9-12)10-14(15(17)18)19-13-4-2-1-3-5-13/h1-9,14H,10H2,(H,17,18)/t14-/m1/s1. The zero-order valence-electron chi connectivity index (χ0n) is 10.1. The van der Waals surface area contributed by atoms with Gasteiger partial charge in [-0.2, -0.15) is 0 Å². The zero-order chi connectivity index (χ0) is 13.7. The van der Waals surface area contributed by atoms with Crippen molar-refractivity contribution < 1.29 is 14.3 Å². The van der Waals surface area contributed by atoms with Crippen LogP contribution in [-0.2, 0) is 11.2 Å². The van der Waals surface area contributed by atoms with Gasteiger partial charge in [0.05, 0.1) is 0 Å². The Morgan fingerprint density at radius 1 is 1.11 bits per heavy atom. The van der Waals surface area contributed by atoms with Gasteiger partial charge in [0.1, 0.15) is 11.1 Å². The van der Waals surface area contributed by atoms with Crippen LogP contribution in [0.4, 0.5) is 4.39 Å². The second kappa shape index (κ2) is 6.38. The summed E-state index contributed by atoms with van der Waals surface area (Å²) >= 11 is 1.30. The number of halogens is 1. The molecule has 98 valence electrons. The molecule has 0 bridgehead atoms. The minimum atomic E-state index is -0.863. The third-order valence-electron chi connectivity index (χ3n) is 2.63. The van der Waals surface area contributed by atoms with Crippen LogP contribution < -0.4 is 0 Å². The van der Waals surface area contributed by atoms with E-state index in [1.807, 2.05) is 30.3 Å². The lowest BCUT2D eigenvalue weighted by atomic mass is 10.1. The quantitative estimate of drug-likeness (QED) is 0.848. The van der Waals surface area contributed by atoms with Gasteiger partial charge in [0.15, 0.2) is 0 Å². The molecule has 0 saturated heterocycles. The van der Waals surface area contributed by atoms with Crippen molar-refractivity contribution in [3.8, 4) is 0 Å². The number of carboxylic acids is 1. The summed E-state index contributed by atoms with van der Waals surface area (Å²) in [5, 5.41) is 8.68. The fourth-order valence-corrected chi connectivity index (χ4v) is 2.70. The van der Waals surface area contributed by atoms with Crippen molar-refractivity contribution in [1.82, 2.24) is 0 Å². The van der Waals surface area contributed by atoms with Crippen molar-refractivity contribution in [2.75, 3.05) is 0 Å². The maximum Gasteiger partial charge on any atom is 0.317 e. The van der Waals surface area contributed by atoms with Gasteiger partial charge < -0.3 is 5.11 Å². The van der Waals surface area contributed by atoms with E-state index in [4.69, 9.17) is 0 Å². The van der Waals surface area contributed by atoms with E-state index in [2.05, 4.69) is 0 Å². The third kappa shape index (κ3) is 4.10. The number of carbonyl (C=O) groups is 1. The lowest BCUT2D eigenvalue weighted by molar-refractivity contribution is -0.136. The number of aliphatic carboxylic acids is 1. The molecule has 0 heterocycles. The summed E-state index contributed by atoms with van der Waals surface area (Å²) in [4.78, 5) is 12.2. The van der Waals surface area contributed by atoms with Gasteiger partial charge in [-0.1, -0.05) is 30.3 Å². The molecule has 0 aliphatic heterocycles. The minimum Gasteiger partial charge on any atom is -0.480 e. The van der Waals surface area contributed by atoms with Crippen LogP contribution in [0.15, 0.2) is 59.5 Å². The largest absolute Gasteiger partial charge is 0.480 e. The molecule has 0 aliphatic carbocycles. The predicted octanol–water partition coefficient (Wildman–Crippen LogP) is 3.61. The van der Waals surface area contributed by atoms with Crippen molar-refractivity contribution in [3.05, 3.63) is 66.0 Å².